The van der Waals surface area contributed by atoms with Gasteiger partial charge in [-0.1, -0.05) is 6.07 Å². The van der Waals surface area contributed by atoms with Crippen molar-refractivity contribution < 1.29 is 18.7 Å². The first-order valence-corrected chi connectivity index (χ1v) is 8.12. The van der Waals surface area contributed by atoms with Gasteiger partial charge in [-0.3, -0.25) is 4.79 Å². The maximum Gasteiger partial charge on any atom is 0.315 e. The van der Waals surface area contributed by atoms with Crippen LogP contribution in [0.4, 0.5) is 10.5 Å². The first-order chi connectivity index (χ1) is 11.9. The number of rotatable bonds is 4. The van der Waals surface area contributed by atoms with Crippen molar-refractivity contribution in [2.75, 3.05) is 11.9 Å². The Morgan fingerprint density at radius 2 is 1.92 bits per heavy atom. The lowest BCUT2D eigenvalue weighted by Gasteiger charge is -2.21. The van der Waals surface area contributed by atoms with Gasteiger partial charge in [0.15, 0.2) is 6.61 Å². The molecule has 0 unspecified atom stereocenters. The molecule has 0 bridgehead atoms. The molecule has 0 saturated carbocycles. The molecule has 3 rings (SSSR count). The molecule has 2 atom stereocenters. The van der Waals surface area contributed by atoms with Crippen LogP contribution in [0.1, 0.15) is 43.0 Å². The molecule has 3 N–H and O–H groups in total. The van der Waals surface area contributed by atoms with Crippen molar-refractivity contribution in [1.82, 2.24) is 10.6 Å². The van der Waals surface area contributed by atoms with Crippen LogP contribution in [-0.2, 0) is 4.79 Å². The zero-order valence-corrected chi connectivity index (χ0v) is 14.4. The van der Waals surface area contributed by atoms with Gasteiger partial charge in [-0.2, -0.15) is 0 Å². The summed E-state index contributed by atoms with van der Waals surface area (Å²) < 4.78 is 10.8. The van der Waals surface area contributed by atoms with Crippen LogP contribution >= 0.6 is 0 Å². The van der Waals surface area contributed by atoms with Crippen molar-refractivity contribution in [3.8, 4) is 5.75 Å². The van der Waals surface area contributed by atoms with Crippen molar-refractivity contribution in [3.05, 3.63) is 47.4 Å². The largest absolute Gasteiger partial charge is 0.482 e. The molecule has 3 amide bonds. The van der Waals surface area contributed by atoms with Crippen LogP contribution < -0.4 is 20.7 Å². The van der Waals surface area contributed by atoms with Crippen LogP contribution in [0.3, 0.4) is 0 Å². The molecule has 0 spiro atoms. The number of hydrogen-bond donors (Lipinski definition) is 3. The van der Waals surface area contributed by atoms with E-state index in [1.54, 1.807) is 12.1 Å². The molecular weight excluding hydrogens is 322 g/mol. The summed E-state index contributed by atoms with van der Waals surface area (Å²) in [7, 11) is 0. The molecule has 132 valence electrons. The number of furan rings is 1. The summed E-state index contributed by atoms with van der Waals surface area (Å²) in [4.78, 5) is 23.6. The average Bonchev–Trinajstić information content (AvgIpc) is 3.00. The van der Waals surface area contributed by atoms with E-state index in [1.807, 2.05) is 39.0 Å². The Kier molecular flexibility index (Phi) is 4.65. The number of fused-ring (bicyclic) bond motifs is 1. The molecule has 2 aromatic rings. The number of nitrogens with one attached hydrogen (secondary N) is 3. The Labute approximate surface area is 145 Å². The van der Waals surface area contributed by atoms with E-state index in [4.69, 9.17) is 9.15 Å². The molecule has 1 aromatic heterocycles. The fourth-order valence-corrected chi connectivity index (χ4v) is 2.65. The first kappa shape index (κ1) is 16.9. The molecule has 1 aromatic carbocycles. The summed E-state index contributed by atoms with van der Waals surface area (Å²) in [6, 6.07) is 8.37. The maximum atomic E-state index is 12.2. The van der Waals surface area contributed by atoms with E-state index in [9.17, 15) is 9.59 Å². The molecule has 7 heteroatoms. The fourth-order valence-electron chi connectivity index (χ4n) is 2.65. The monoisotopic (exact) mass is 343 g/mol. The highest BCUT2D eigenvalue weighted by molar-refractivity contribution is 5.95. The molecule has 7 nitrogen and oxygen atoms in total. The van der Waals surface area contributed by atoms with E-state index in [0.29, 0.717) is 17.2 Å². The second kappa shape index (κ2) is 6.88. The minimum atomic E-state index is -0.299. The van der Waals surface area contributed by atoms with Gasteiger partial charge in [-0.05, 0) is 50.6 Å². The minimum Gasteiger partial charge on any atom is -0.482 e. The Morgan fingerprint density at radius 1 is 1.16 bits per heavy atom. The van der Waals surface area contributed by atoms with Crippen LogP contribution in [0.2, 0.25) is 0 Å². The van der Waals surface area contributed by atoms with E-state index in [1.165, 1.54) is 0 Å². The molecule has 1 aliphatic heterocycles. The smallest absolute Gasteiger partial charge is 0.315 e. The van der Waals surface area contributed by atoms with Crippen molar-refractivity contribution >= 4 is 17.6 Å². The molecule has 25 heavy (non-hydrogen) atoms. The van der Waals surface area contributed by atoms with E-state index in [0.717, 1.165) is 11.3 Å². The maximum absolute atomic E-state index is 12.2. The number of aryl methyl sites for hydroxylation is 1. The van der Waals surface area contributed by atoms with E-state index in [2.05, 4.69) is 16.0 Å². The third-order valence-corrected chi connectivity index (χ3v) is 4.02. The summed E-state index contributed by atoms with van der Waals surface area (Å²) in [6.07, 6.45) is 0. The van der Waals surface area contributed by atoms with Crippen LogP contribution in [0, 0.1) is 6.92 Å². The standard InChI is InChI=1S/C18H21N3O4/c1-10-4-6-15(25-10)12(3)20-18(23)19-11(2)13-5-7-16-14(8-13)21-17(22)9-24-16/h4-8,11-12H,9H2,1-3H3,(H,21,22)(H2,19,20,23)/t11-,12+/m0/s1. The second-order valence-electron chi connectivity index (χ2n) is 6.10. The SMILES string of the molecule is Cc1ccc([C@@H](C)NC(=O)N[C@@H](C)c2ccc3c(c2)NC(=O)CO3)o1. The molecule has 2 heterocycles. The molecule has 1 aliphatic rings. The highest BCUT2D eigenvalue weighted by Gasteiger charge is 2.19. The number of anilines is 1. The van der Waals surface area contributed by atoms with Crippen LogP contribution in [0.5, 0.6) is 5.75 Å². The van der Waals surface area contributed by atoms with Gasteiger partial charge >= 0.3 is 6.03 Å². The Balaban J connectivity index is 1.61. The minimum absolute atomic E-state index is 0.0205. The molecule has 0 radical (unpaired) electrons. The number of hydrogen-bond acceptors (Lipinski definition) is 4. The number of benzene rings is 1. The Bertz CT molecular complexity index is 799. The van der Waals surface area contributed by atoms with Crippen molar-refractivity contribution in [2.24, 2.45) is 0 Å². The van der Waals surface area contributed by atoms with Crippen LogP contribution in [0.25, 0.3) is 0 Å². The third-order valence-electron chi connectivity index (χ3n) is 4.02. The van der Waals surface area contributed by atoms with E-state index >= 15 is 0 Å². The lowest BCUT2D eigenvalue weighted by molar-refractivity contribution is -0.118. The van der Waals surface area contributed by atoms with E-state index < -0.39 is 0 Å². The summed E-state index contributed by atoms with van der Waals surface area (Å²) in [5, 5.41) is 8.48. The first-order valence-electron chi connectivity index (χ1n) is 8.12. The van der Waals surface area contributed by atoms with Gasteiger partial charge in [-0.15, -0.1) is 0 Å². The summed E-state index contributed by atoms with van der Waals surface area (Å²) in [5.41, 5.74) is 1.48. The summed E-state index contributed by atoms with van der Waals surface area (Å²) in [5.74, 6) is 1.94. The zero-order valence-electron chi connectivity index (χ0n) is 14.4. The summed E-state index contributed by atoms with van der Waals surface area (Å²) in [6.45, 7) is 5.60. The van der Waals surface area contributed by atoms with Crippen LogP contribution in [-0.4, -0.2) is 18.5 Å². The Hall–Kier alpha value is -2.96. The average molecular weight is 343 g/mol. The number of urea groups is 1. The lowest BCUT2D eigenvalue weighted by atomic mass is 10.1. The predicted molar refractivity (Wildman–Crippen MR) is 92.5 cm³/mol. The van der Waals surface area contributed by atoms with Crippen molar-refractivity contribution in [1.29, 1.82) is 0 Å². The van der Waals surface area contributed by atoms with Gasteiger partial charge in [0.25, 0.3) is 5.91 Å². The quantitative estimate of drug-likeness (QED) is 0.795. The normalized spacial score (nSPS) is 15.4. The van der Waals surface area contributed by atoms with Crippen molar-refractivity contribution in [3.63, 3.8) is 0 Å². The zero-order chi connectivity index (χ0) is 18.0. The number of amides is 3. The van der Waals surface area contributed by atoms with Crippen LogP contribution in [0.15, 0.2) is 34.7 Å². The van der Waals surface area contributed by atoms with Gasteiger partial charge < -0.3 is 25.1 Å². The number of carbonyl (C=O) groups excluding carboxylic acids is 2. The molecule has 0 saturated heterocycles. The predicted octanol–water partition coefficient (Wildman–Crippen LogP) is 3.04. The highest BCUT2D eigenvalue weighted by atomic mass is 16.5. The van der Waals surface area contributed by atoms with Gasteiger partial charge in [0.1, 0.15) is 17.3 Å². The molecule has 0 aliphatic carbocycles. The molecule has 0 fully saturated rings. The molecular formula is C18H21N3O4. The lowest BCUT2D eigenvalue weighted by Crippen LogP contribution is -2.38. The second-order valence-corrected chi connectivity index (χ2v) is 6.10. The van der Waals surface area contributed by atoms with Gasteiger partial charge in [0.2, 0.25) is 0 Å². The fraction of sp³-hybridized carbons (Fsp3) is 0.333. The summed E-state index contributed by atoms with van der Waals surface area (Å²) >= 11 is 0. The van der Waals surface area contributed by atoms with Gasteiger partial charge in [0, 0.05) is 0 Å². The van der Waals surface area contributed by atoms with E-state index in [-0.39, 0.29) is 30.6 Å². The van der Waals surface area contributed by atoms with Gasteiger partial charge in [-0.25, -0.2) is 4.79 Å². The highest BCUT2D eigenvalue weighted by Crippen LogP contribution is 2.30. The topological polar surface area (TPSA) is 92.6 Å². The van der Waals surface area contributed by atoms with Crippen molar-refractivity contribution in [2.45, 2.75) is 32.9 Å². The third kappa shape index (κ3) is 3.93. The number of carbonyl (C=O) groups is 2. The number of ether oxygens (including phenoxy) is 1. The Morgan fingerprint density at radius 3 is 2.64 bits per heavy atom. The van der Waals surface area contributed by atoms with Gasteiger partial charge in [0.05, 0.1) is 17.8 Å².